The van der Waals surface area contributed by atoms with E-state index >= 15 is 0 Å². The number of hydrogen-bond donors (Lipinski definition) is 2. The molecule has 0 aliphatic carbocycles. The smallest absolute Gasteiger partial charge is 0.205 e. The van der Waals surface area contributed by atoms with E-state index in [-0.39, 0.29) is 0 Å². The number of thiocarbonyl (C=S) groups is 1. The van der Waals surface area contributed by atoms with Gasteiger partial charge in [0.1, 0.15) is 10.7 Å². The Kier molecular flexibility index (Phi) is 2.33. The highest BCUT2D eigenvalue weighted by molar-refractivity contribution is 7.81. The van der Waals surface area contributed by atoms with Gasteiger partial charge in [0, 0.05) is 17.8 Å². The van der Waals surface area contributed by atoms with Crippen LogP contribution >= 0.6 is 23.8 Å². The van der Waals surface area contributed by atoms with Crippen molar-refractivity contribution in [2.75, 3.05) is 5.32 Å². The second-order valence-electron chi connectivity index (χ2n) is 2.28. The van der Waals surface area contributed by atoms with E-state index in [0.29, 0.717) is 10.9 Å². The van der Waals surface area contributed by atoms with Crippen LogP contribution < -0.4 is 5.32 Å². The number of anilines is 1. The number of hydrogen-bond acceptors (Lipinski definition) is 4. The Morgan fingerprint density at radius 2 is 2.54 bits per heavy atom. The molecule has 0 saturated carbocycles. The normalized spacial score (nSPS) is 9.85. The third-order valence-electron chi connectivity index (χ3n) is 1.40. The highest BCUT2D eigenvalue weighted by atomic mass is 32.1. The second kappa shape index (κ2) is 3.63. The zero-order chi connectivity index (χ0) is 9.10. The first-order chi connectivity index (χ1) is 6.36. The van der Waals surface area contributed by atoms with Crippen LogP contribution in [0.4, 0.5) is 5.95 Å². The maximum absolute atomic E-state index is 5.10. The highest BCUT2D eigenvalue weighted by Crippen LogP contribution is 2.04. The summed E-state index contributed by atoms with van der Waals surface area (Å²) in [6.45, 7) is 0. The van der Waals surface area contributed by atoms with Crippen molar-refractivity contribution < 1.29 is 0 Å². The zero-order valence-electron chi connectivity index (χ0n) is 6.52. The number of imidazole rings is 1. The Morgan fingerprint density at radius 3 is 3.15 bits per heavy atom. The van der Waals surface area contributed by atoms with Gasteiger partial charge in [0.15, 0.2) is 0 Å². The Morgan fingerprint density at radius 1 is 1.62 bits per heavy atom. The van der Waals surface area contributed by atoms with Crippen molar-refractivity contribution >= 4 is 34.7 Å². The van der Waals surface area contributed by atoms with E-state index in [1.165, 1.54) is 11.5 Å². The second-order valence-corrected chi connectivity index (χ2v) is 3.35. The lowest BCUT2D eigenvalue weighted by atomic mass is 10.4. The van der Waals surface area contributed by atoms with Crippen LogP contribution in [0.2, 0.25) is 0 Å². The van der Waals surface area contributed by atoms with Gasteiger partial charge >= 0.3 is 0 Å². The predicted octanol–water partition coefficient (Wildman–Crippen LogP) is 1.65. The van der Waals surface area contributed by atoms with Gasteiger partial charge in [-0.2, -0.15) is 4.37 Å². The molecule has 0 atom stereocenters. The lowest BCUT2D eigenvalue weighted by molar-refractivity contribution is 1.30. The summed E-state index contributed by atoms with van der Waals surface area (Å²) in [4.78, 5) is 7.46. The first kappa shape index (κ1) is 8.33. The van der Waals surface area contributed by atoms with E-state index in [9.17, 15) is 0 Å². The number of aromatic nitrogens is 3. The van der Waals surface area contributed by atoms with E-state index in [4.69, 9.17) is 12.2 Å². The molecule has 0 spiro atoms. The molecule has 2 rings (SSSR count). The first-order valence-corrected chi connectivity index (χ1v) is 4.82. The van der Waals surface area contributed by atoms with Crippen molar-refractivity contribution in [2.45, 2.75) is 0 Å². The summed E-state index contributed by atoms with van der Waals surface area (Å²) in [5, 5.41) is 4.81. The molecule has 0 unspecified atom stereocenters. The molecule has 2 aromatic heterocycles. The van der Waals surface area contributed by atoms with E-state index in [2.05, 4.69) is 19.7 Å². The summed E-state index contributed by atoms with van der Waals surface area (Å²) >= 11 is 6.47. The molecule has 2 aromatic rings. The molecule has 0 aliphatic heterocycles. The van der Waals surface area contributed by atoms with Crippen molar-refractivity contribution in [3.05, 3.63) is 29.5 Å². The first-order valence-electron chi connectivity index (χ1n) is 3.57. The van der Waals surface area contributed by atoms with Crippen molar-refractivity contribution in [1.29, 1.82) is 0 Å². The minimum atomic E-state index is 0.580. The fourth-order valence-electron chi connectivity index (χ4n) is 0.835. The molecule has 0 radical (unpaired) electrons. The van der Waals surface area contributed by atoms with E-state index < -0.39 is 0 Å². The fraction of sp³-hybridized carbons (Fsp3) is 0. The molecule has 0 bridgehead atoms. The lowest BCUT2D eigenvalue weighted by Crippen LogP contribution is -2.11. The van der Waals surface area contributed by atoms with Gasteiger partial charge in [-0.15, -0.1) is 0 Å². The Labute approximate surface area is 84.2 Å². The standard InChI is InChI=1S/C7H6N4S2/c12-6(5-1-4-13-11-5)10-7-8-2-3-9-7/h1-4H,(H2,8,9,10,12). The third kappa shape index (κ3) is 1.90. The van der Waals surface area contributed by atoms with Crippen LogP contribution in [0.1, 0.15) is 5.69 Å². The summed E-state index contributed by atoms with van der Waals surface area (Å²) in [7, 11) is 0. The summed E-state index contributed by atoms with van der Waals surface area (Å²) in [6.07, 6.45) is 3.39. The molecule has 13 heavy (non-hydrogen) atoms. The maximum Gasteiger partial charge on any atom is 0.205 e. The van der Waals surface area contributed by atoms with Gasteiger partial charge in [0.2, 0.25) is 5.95 Å². The summed E-state index contributed by atoms with van der Waals surface area (Å²) < 4.78 is 4.09. The molecule has 0 fully saturated rings. The topological polar surface area (TPSA) is 53.6 Å². The molecule has 0 saturated heterocycles. The van der Waals surface area contributed by atoms with Crippen LogP contribution in [0.15, 0.2) is 23.8 Å². The maximum atomic E-state index is 5.10. The van der Waals surface area contributed by atoms with Gasteiger partial charge < -0.3 is 10.3 Å². The quantitative estimate of drug-likeness (QED) is 0.740. The van der Waals surface area contributed by atoms with Gasteiger partial charge in [-0.05, 0) is 17.6 Å². The third-order valence-corrected chi connectivity index (χ3v) is 2.27. The number of H-pyrrole nitrogens is 1. The monoisotopic (exact) mass is 210 g/mol. The van der Waals surface area contributed by atoms with Crippen LogP contribution in [-0.4, -0.2) is 19.3 Å². The van der Waals surface area contributed by atoms with Gasteiger partial charge in [-0.25, -0.2) is 4.98 Å². The minimum absolute atomic E-state index is 0.580. The Bertz CT molecular complexity index is 379. The number of rotatable bonds is 2. The van der Waals surface area contributed by atoms with Gasteiger partial charge in [0.25, 0.3) is 0 Å². The molecule has 2 N–H and O–H groups in total. The van der Waals surface area contributed by atoms with Gasteiger partial charge in [-0.3, -0.25) is 0 Å². The number of nitrogens with zero attached hydrogens (tertiary/aromatic N) is 2. The van der Waals surface area contributed by atoms with E-state index in [1.54, 1.807) is 12.4 Å². The van der Waals surface area contributed by atoms with Crippen molar-refractivity contribution in [1.82, 2.24) is 14.3 Å². The molecule has 66 valence electrons. The SMILES string of the molecule is S=C(Nc1ncc[nH]1)c1ccsn1. The summed E-state index contributed by atoms with van der Waals surface area (Å²) in [5.41, 5.74) is 0.774. The molecule has 0 aromatic carbocycles. The van der Waals surface area contributed by atoms with Crippen molar-refractivity contribution in [2.24, 2.45) is 0 Å². The van der Waals surface area contributed by atoms with Gasteiger partial charge in [0.05, 0.1) is 0 Å². The number of aromatic amines is 1. The molecule has 0 amide bonds. The fourth-order valence-corrected chi connectivity index (χ4v) is 1.62. The Balaban J connectivity index is 2.08. The highest BCUT2D eigenvalue weighted by Gasteiger charge is 2.03. The molecule has 4 nitrogen and oxygen atoms in total. The average molecular weight is 210 g/mol. The predicted molar refractivity (Wildman–Crippen MR) is 56.0 cm³/mol. The van der Waals surface area contributed by atoms with Crippen LogP contribution in [0.5, 0.6) is 0 Å². The molecule has 6 heteroatoms. The van der Waals surface area contributed by atoms with Crippen LogP contribution in [-0.2, 0) is 0 Å². The van der Waals surface area contributed by atoms with Crippen LogP contribution in [0.25, 0.3) is 0 Å². The minimum Gasteiger partial charge on any atom is -0.331 e. The van der Waals surface area contributed by atoms with Crippen LogP contribution in [0.3, 0.4) is 0 Å². The van der Waals surface area contributed by atoms with E-state index in [0.717, 1.165) is 5.69 Å². The van der Waals surface area contributed by atoms with Crippen molar-refractivity contribution in [3.63, 3.8) is 0 Å². The van der Waals surface area contributed by atoms with Gasteiger partial charge in [-0.1, -0.05) is 12.2 Å². The van der Waals surface area contributed by atoms with Crippen molar-refractivity contribution in [3.8, 4) is 0 Å². The van der Waals surface area contributed by atoms with Crippen LogP contribution in [0, 0.1) is 0 Å². The van der Waals surface area contributed by atoms with E-state index in [1.807, 2.05) is 11.4 Å². The molecule has 2 heterocycles. The molecular weight excluding hydrogens is 204 g/mol. The summed E-state index contributed by atoms with van der Waals surface area (Å²) in [6, 6.07) is 1.86. The average Bonchev–Trinajstić information content (AvgIpc) is 2.74. The Hall–Kier alpha value is -1.27. The zero-order valence-corrected chi connectivity index (χ0v) is 8.15. The molecular formula is C7H6N4S2. The lowest BCUT2D eigenvalue weighted by Gasteiger charge is -1.99. The number of nitrogens with one attached hydrogen (secondary N) is 2. The molecule has 0 aliphatic rings. The summed E-state index contributed by atoms with van der Waals surface area (Å²) in [5.74, 6) is 0.637. The largest absolute Gasteiger partial charge is 0.331 e.